The number of para-hydroxylation sites is 1. The molecule has 0 fully saturated rings. The van der Waals surface area contributed by atoms with E-state index in [1.165, 1.54) is 54.3 Å². The molecule has 2 nitrogen and oxygen atoms in total. The molecule has 0 bridgehead atoms. The van der Waals surface area contributed by atoms with Gasteiger partial charge in [0, 0.05) is 49.0 Å². The Morgan fingerprint density at radius 3 is 2.06 bits per heavy atom. The molecule has 1 aromatic heterocycles. The molecule has 1 unspecified atom stereocenters. The Morgan fingerprint density at radius 1 is 0.537 bits per heavy atom. The molecule has 2 aliphatic carbocycles. The Labute approximate surface area is 396 Å². The monoisotopic (exact) mass is 875 g/mol. The second-order valence-electron chi connectivity index (χ2n) is 18.5. The summed E-state index contributed by atoms with van der Waals surface area (Å²) in [5.74, 6) is 0. The first-order chi connectivity index (χ1) is 33.0. The van der Waals surface area contributed by atoms with Crippen LogP contribution in [0.5, 0.6) is 0 Å². The van der Waals surface area contributed by atoms with Crippen LogP contribution in [-0.2, 0) is 10.8 Å². The molecule has 0 amide bonds. The average molecular weight is 876 g/mol. The Kier molecular flexibility index (Phi) is 9.11. The molecule has 0 saturated heterocycles. The van der Waals surface area contributed by atoms with Gasteiger partial charge in [0.1, 0.15) is 11.2 Å². The lowest BCUT2D eigenvalue weighted by Gasteiger charge is -2.38. The molecule has 0 N–H and O–H groups in total. The van der Waals surface area contributed by atoms with Crippen LogP contribution in [-0.4, -0.2) is 0 Å². The molecule has 9 aromatic carbocycles. The van der Waals surface area contributed by atoms with Gasteiger partial charge in [0.15, 0.2) is 0 Å². The van der Waals surface area contributed by atoms with E-state index < -0.39 is 5.41 Å². The predicted molar refractivity (Wildman–Crippen MR) is 278 cm³/mol. The van der Waals surface area contributed by atoms with Gasteiger partial charge in [0.05, 0.1) is 11.1 Å². The van der Waals surface area contributed by atoms with Crippen LogP contribution < -0.4 is 4.90 Å². The highest BCUT2D eigenvalue weighted by atomic mass is 32.2. The number of fused-ring (bicyclic) bond motifs is 7. The molecule has 67 heavy (non-hydrogen) atoms. The van der Waals surface area contributed by atoms with Crippen LogP contribution in [0.25, 0.3) is 49.8 Å². The maximum atomic E-state index is 6.32. The number of anilines is 3. The third-order valence-corrected chi connectivity index (χ3v) is 15.7. The van der Waals surface area contributed by atoms with E-state index in [4.69, 9.17) is 4.42 Å². The summed E-state index contributed by atoms with van der Waals surface area (Å²) < 4.78 is 6.32. The predicted octanol–water partition coefficient (Wildman–Crippen LogP) is 17.2. The fraction of sp³-hybridized carbons (Fsp3) is 0.0938. The van der Waals surface area contributed by atoms with Crippen LogP contribution in [0.3, 0.4) is 0 Å². The number of rotatable bonds is 7. The number of allylic oxidation sites excluding steroid dienone is 4. The molecule has 10 aromatic rings. The van der Waals surface area contributed by atoms with Crippen molar-refractivity contribution >= 4 is 56.3 Å². The van der Waals surface area contributed by atoms with Crippen molar-refractivity contribution in [2.24, 2.45) is 0 Å². The molecule has 1 aliphatic heterocycles. The van der Waals surface area contributed by atoms with Crippen LogP contribution in [0.1, 0.15) is 60.1 Å². The molecule has 3 aliphatic rings. The highest BCUT2D eigenvalue weighted by Crippen LogP contribution is 2.59. The van der Waals surface area contributed by atoms with E-state index >= 15 is 0 Å². The van der Waals surface area contributed by atoms with Crippen molar-refractivity contribution in [3.63, 3.8) is 0 Å². The molecule has 2 heterocycles. The minimum atomic E-state index is -0.475. The minimum absolute atomic E-state index is 0.191. The van der Waals surface area contributed by atoms with Crippen molar-refractivity contribution in [2.75, 3.05) is 4.90 Å². The summed E-state index contributed by atoms with van der Waals surface area (Å²) in [5.41, 5.74) is 19.4. The van der Waals surface area contributed by atoms with Gasteiger partial charge in [-0.25, -0.2) is 0 Å². The van der Waals surface area contributed by atoms with Crippen molar-refractivity contribution in [3.8, 4) is 22.3 Å². The Hall–Kier alpha value is -7.77. The van der Waals surface area contributed by atoms with Crippen molar-refractivity contribution < 1.29 is 4.42 Å². The lowest BCUT2D eigenvalue weighted by molar-refractivity contribution is 0.607. The second kappa shape index (κ2) is 15.4. The van der Waals surface area contributed by atoms with Crippen molar-refractivity contribution in [1.82, 2.24) is 0 Å². The highest BCUT2D eigenvalue weighted by molar-refractivity contribution is 7.99. The van der Waals surface area contributed by atoms with Gasteiger partial charge < -0.3 is 9.32 Å². The second-order valence-corrected chi connectivity index (χ2v) is 19.6. The zero-order valence-corrected chi connectivity index (χ0v) is 38.2. The molecule has 3 heteroatoms. The van der Waals surface area contributed by atoms with Crippen molar-refractivity contribution in [1.29, 1.82) is 0 Å². The molecule has 0 spiro atoms. The zero-order chi connectivity index (χ0) is 44.7. The van der Waals surface area contributed by atoms with E-state index in [1.54, 1.807) is 0 Å². The van der Waals surface area contributed by atoms with E-state index in [1.807, 2.05) is 23.9 Å². The Bertz CT molecular complexity index is 3650. The summed E-state index contributed by atoms with van der Waals surface area (Å²) in [6, 6.07) is 80.5. The van der Waals surface area contributed by atoms with Crippen molar-refractivity contribution in [3.05, 3.63) is 263 Å². The lowest BCUT2D eigenvalue weighted by Crippen LogP contribution is -2.31. The largest absolute Gasteiger partial charge is 0.456 e. The minimum Gasteiger partial charge on any atom is -0.456 e. The summed E-state index contributed by atoms with van der Waals surface area (Å²) in [6.45, 7) is 4.72. The molecular formula is C64H45NOS. The maximum Gasteiger partial charge on any atom is 0.136 e. The van der Waals surface area contributed by atoms with Crippen LogP contribution in [0.15, 0.2) is 232 Å². The van der Waals surface area contributed by atoms with Gasteiger partial charge in [0.2, 0.25) is 0 Å². The third-order valence-electron chi connectivity index (χ3n) is 14.6. The molecular weight excluding hydrogens is 831 g/mol. The molecule has 13 rings (SSSR count). The van der Waals surface area contributed by atoms with Crippen LogP contribution in [0, 0.1) is 12.1 Å². The quantitative estimate of drug-likeness (QED) is 0.159. The summed E-state index contributed by atoms with van der Waals surface area (Å²) >= 11 is 1.87. The van der Waals surface area contributed by atoms with Crippen molar-refractivity contribution in [2.45, 2.75) is 47.3 Å². The van der Waals surface area contributed by atoms with Gasteiger partial charge in [-0.2, -0.15) is 0 Å². The number of nitrogens with zero attached hydrogens (tertiary/aromatic N) is 1. The first-order valence-corrected chi connectivity index (χ1v) is 24.1. The van der Waals surface area contributed by atoms with Crippen LogP contribution >= 0.6 is 11.8 Å². The molecule has 318 valence electrons. The van der Waals surface area contributed by atoms with E-state index in [0.29, 0.717) is 0 Å². The maximum absolute atomic E-state index is 6.32. The lowest BCUT2D eigenvalue weighted by atomic mass is 9.64. The Morgan fingerprint density at radius 2 is 1.21 bits per heavy atom. The van der Waals surface area contributed by atoms with E-state index in [0.717, 1.165) is 74.1 Å². The normalized spacial score (nSPS) is 16.6. The fourth-order valence-electron chi connectivity index (χ4n) is 11.5. The fourth-order valence-corrected chi connectivity index (χ4v) is 12.8. The smallest absolute Gasteiger partial charge is 0.136 e. The summed E-state index contributed by atoms with van der Waals surface area (Å²) in [6.07, 6.45) is 6.72. The average Bonchev–Trinajstić information content (AvgIpc) is 3.91. The zero-order valence-electron chi connectivity index (χ0n) is 37.4. The molecule has 0 radical (unpaired) electrons. The van der Waals surface area contributed by atoms with Crippen LogP contribution in [0.2, 0.25) is 0 Å². The van der Waals surface area contributed by atoms with E-state index in [9.17, 15) is 0 Å². The Balaban J connectivity index is 0.974. The van der Waals surface area contributed by atoms with E-state index in [2.05, 4.69) is 231 Å². The van der Waals surface area contributed by atoms with E-state index in [-0.39, 0.29) is 5.41 Å². The molecule has 0 saturated carbocycles. The van der Waals surface area contributed by atoms with Gasteiger partial charge in [-0.1, -0.05) is 183 Å². The number of furan rings is 1. The third kappa shape index (κ3) is 6.14. The summed E-state index contributed by atoms with van der Waals surface area (Å²) in [4.78, 5) is 5.01. The first kappa shape index (κ1) is 39.6. The number of hydrogen-bond acceptors (Lipinski definition) is 3. The summed E-state index contributed by atoms with van der Waals surface area (Å²) in [7, 11) is 0. The summed E-state index contributed by atoms with van der Waals surface area (Å²) in [5, 5.41) is 2.27. The molecule has 1 atom stereocenters. The topological polar surface area (TPSA) is 16.4 Å². The SMILES string of the molecule is CC1(C)c2ccccc2Sc2ccc(N(c3ccc(-c4ccc5c(c4)oc4ccccc45)cc3)c3cc#cc(-c4ccccc4C4(c5ccccc5)C5=C(C=CCC5)c5ccccc54)c3)cc21. The first-order valence-electron chi connectivity index (χ1n) is 23.3. The van der Waals surface area contributed by atoms with Gasteiger partial charge in [-0.3, -0.25) is 0 Å². The van der Waals surface area contributed by atoms with Gasteiger partial charge in [0.25, 0.3) is 0 Å². The van der Waals surface area contributed by atoms with Gasteiger partial charge >= 0.3 is 0 Å². The number of benzene rings is 8. The van der Waals surface area contributed by atoms with Crippen LogP contribution in [0.4, 0.5) is 17.1 Å². The van der Waals surface area contributed by atoms with Gasteiger partial charge in [-0.05, 0) is 135 Å². The van der Waals surface area contributed by atoms with Gasteiger partial charge in [-0.15, -0.1) is 0 Å². The standard InChI is InChI=1S/C64H45NOS/c1-63(2)57-28-13-15-30-61(57)67-62-38-36-48(41-58(62)63)65(46-34-31-42(32-35-46)43-33-37-53-52-24-9-14-29-59(52)66-60(53)40-43)47-20-16-17-44(39-47)49-21-6-10-25-54(49)64(45-18-4-3-5-19-45)55-26-11-7-22-50(55)51-23-8-12-27-56(51)64/h3-11,13-15,18-26,28-41H,12,27H2,1-2H3. The highest BCUT2D eigenvalue weighted by Gasteiger charge is 2.48. The number of hydrogen-bond donors (Lipinski definition) is 0.